The van der Waals surface area contributed by atoms with Gasteiger partial charge in [0.25, 0.3) is 0 Å². The van der Waals surface area contributed by atoms with Crippen molar-refractivity contribution < 1.29 is 0 Å². The first-order chi connectivity index (χ1) is 5.82. The summed E-state index contributed by atoms with van der Waals surface area (Å²) in [6, 6.07) is 6.39. The van der Waals surface area contributed by atoms with Crippen LogP contribution in [0.4, 0.5) is 5.69 Å². The number of benzene rings is 1. The summed E-state index contributed by atoms with van der Waals surface area (Å²) < 4.78 is 0. The Hall–Kier alpha value is -0.980. The molecule has 2 aliphatic carbocycles. The predicted octanol–water partition coefficient (Wildman–Crippen LogP) is 2.25. The van der Waals surface area contributed by atoms with E-state index in [4.69, 9.17) is 5.73 Å². The normalized spacial score (nSPS) is 22.7. The zero-order chi connectivity index (χ0) is 8.18. The molecule has 1 nitrogen and oxygen atoms in total. The first-order valence-electron chi connectivity index (χ1n) is 4.70. The summed E-state index contributed by atoms with van der Waals surface area (Å²) >= 11 is 0. The molecule has 3 rings (SSSR count). The van der Waals surface area contributed by atoms with Crippen LogP contribution < -0.4 is 5.73 Å². The Morgan fingerprint density at radius 2 is 2.00 bits per heavy atom. The molecule has 1 aromatic carbocycles. The van der Waals surface area contributed by atoms with E-state index in [1.165, 1.54) is 31.2 Å². The van der Waals surface area contributed by atoms with Crippen LogP contribution in [0.2, 0.25) is 0 Å². The van der Waals surface area contributed by atoms with Gasteiger partial charge in [-0.1, -0.05) is 12.1 Å². The molecular weight excluding hydrogens is 146 g/mol. The molecule has 0 unspecified atom stereocenters. The fraction of sp³-hybridized carbons (Fsp3) is 0.455. The van der Waals surface area contributed by atoms with Gasteiger partial charge in [-0.05, 0) is 48.3 Å². The maximum absolute atomic E-state index is 5.92. The minimum atomic E-state index is 0.588. The molecule has 2 N–H and O–H groups in total. The number of hydrogen-bond acceptors (Lipinski definition) is 1. The fourth-order valence-corrected chi connectivity index (χ4v) is 2.55. The van der Waals surface area contributed by atoms with Crippen LogP contribution in [-0.4, -0.2) is 0 Å². The van der Waals surface area contributed by atoms with E-state index in [1.807, 2.05) is 6.07 Å². The van der Waals surface area contributed by atoms with Crippen LogP contribution in [-0.2, 0) is 11.8 Å². The molecule has 0 amide bonds. The third-order valence-corrected chi connectivity index (χ3v) is 3.49. The van der Waals surface area contributed by atoms with E-state index in [2.05, 4.69) is 12.1 Å². The highest BCUT2D eigenvalue weighted by molar-refractivity contribution is 5.57. The van der Waals surface area contributed by atoms with Gasteiger partial charge in [-0.15, -0.1) is 0 Å². The number of hydrogen-bond donors (Lipinski definition) is 1. The molecule has 1 saturated carbocycles. The second-order valence-corrected chi connectivity index (χ2v) is 4.15. The summed E-state index contributed by atoms with van der Waals surface area (Å²) in [4.78, 5) is 0. The summed E-state index contributed by atoms with van der Waals surface area (Å²) in [7, 11) is 0. The Bertz CT molecular complexity index is 337. The number of nitrogen functional groups attached to an aromatic ring is 1. The molecule has 0 radical (unpaired) electrons. The van der Waals surface area contributed by atoms with Crippen LogP contribution in [0.5, 0.6) is 0 Å². The lowest BCUT2D eigenvalue weighted by Gasteiger charge is -2.07. The monoisotopic (exact) mass is 159 g/mol. The van der Waals surface area contributed by atoms with Gasteiger partial charge in [0.05, 0.1) is 0 Å². The summed E-state index contributed by atoms with van der Waals surface area (Å²) in [5.74, 6) is 0. The largest absolute Gasteiger partial charge is 0.398 e. The number of rotatable bonds is 0. The van der Waals surface area contributed by atoms with Crippen molar-refractivity contribution in [2.75, 3.05) is 5.73 Å². The van der Waals surface area contributed by atoms with E-state index >= 15 is 0 Å². The molecule has 1 spiro atoms. The molecule has 62 valence electrons. The lowest BCUT2D eigenvalue weighted by Crippen LogP contribution is -1.99. The molecule has 1 heteroatoms. The topological polar surface area (TPSA) is 26.0 Å². The van der Waals surface area contributed by atoms with E-state index in [1.54, 1.807) is 5.56 Å². The number of fused-ring (bicyclic) bond motifs is 2. The van der Waals surface area contributed by atoms with Crippen molar-refractivity contribution in [2.24, 2.45) is 0 Å². The second-order valence-electron chi connectivity index (χ2n) is 4.15. The van der Waals surface area contributed by atoms with Gasteiger partial charge >= 0.3 is 0 Å². The zero-order valence-corrected chi connectivity index (χ0v) is 7.14. The van der Waals surface area contributed by atoms with Gasteiger partial charge < -0.3 is 5.73 Å². The standard InChI is InChI=1S/C11H13N/c12-10-3-1-2-9-8(10)4-5-11(9)6-7-11/h1-3H,4-7,12H2. The Morgan fingerprint density at radius 3 is 2.75 bits per heavy atom. The van der Waals surface area contributed by atoms with Crippen LogP contribution in [0.1, 0.15) is 30.4 Å². The Kier molecular flexibility index (Phi) is 1.00. The molecule has 12 heavy (non-hydrogen) atoms. The number of anilines is 1. The van der Waals surface area contributed by atoms with Gasteiger partial charge in [-0.3, -0.25) is 0 Å². The molecule has 1 aromatic rings. The minimum absolute atomic E-state index is 0.588. The van der Waals surface area contributed by atoms with Crippen molar-refractivity contribution in [3.8, 4) is 0 Å². The molecule has 0 aromatic heterocycles. The van der Waals surface area contributed by atoms with Gasteiger partial charge in [0, 0.05) is 5.69 Å². The van der Waals surface area contributed by atoms with Crippen molar-refractivity contribution in [1.29, 1.82) is 0 Å². The van der Waals surface area contributed by atoms with Gasteiger partial charge in [-0.2, -0.15) is 0 Å². The summed E-state index contributed by atoms with van der Waals surface area (Å²) in [5.41, 5.74) is 10.5. The average molecular weight is 159 g/mol. The van der Waals surface area contributed by atoms with Crippen LogP contribution in [0.25, 0.3) is 0 Å². The SMILES string of the molecule is Nc1cccc2c1CCC21CC1. The molecule has 0 atom stereocenters. The smallest absolute Gasteiger partial charge is 0.0349 e. The summed E-state index contributed by atoms with van der Waals surface area (Å²) in [5, 5.41) is 0. The van der Waals surface area contributed by atoms with Crippen LogP contribution >= 0.6 is 0 Å². The third kappa shape index (κ3) is 0.644. The zero-order valence-electron chi connectivity index (χ0n) is 7.14. The Labute approximate surface area is 72.6 Å². The molecule has 0 aliphatic heterocycles. The van der Waals surface area contributed by atoms with E-state index in [9.17, 15) is 0 Å². The Morgan fingerprint density at radius 1 is 1.17 bits per heavy atom. The van der Waals surface area contributed by atoms with E-state index in [0.29, 0.717) is 5.41 Å². The quantitative estimate of drug-likeness (QED) is 0.577. The highest BCUT2D eigenvalue weighted by Crippen LogP contribution is 2.57. The van der Waals surface area contributed by atoms with Crippen LogP contribution in [0, 0.1) is 0 Å². The Balaban J connectivity index is 2.23. The van der Waals surface area contributed by atoms with E-state index in [-0.39, 0.29) is 0 Å². The van der Waals surface area contributed by atoms with Gasteiger partial charge in [0.1, 0.15) is 0 Å². The van der Waals surface area contributed by atoms with Gasteiger partial charge in [-0.25, -0.2) is 0 Å². The summed E-state index contributed by atoms with van der Waals surface area (Å²) in [6.07, 6.45) is 5.34. The van der Waals surface area contributed by atoms with E-state index < -0.39 is 0 Å². The summed E-state index contributed by atoms with van der Waals surface area (Å²) in [6.45, 7) is 0. The highest BCUT2D eigenvalue weighted by atomic mass is 14.6. The fourth-order valence-electron chi connectivity index (χ4n) is 2.55. The van der Waals surface area contributed by atoms with Crippen molar-refractivity contribution in [2.45, 2.75) is 31.1 Å². The first kappa shape index (κ1) is 6.53. The van der Waals surface area contributed by atoms with Crippen molar-refractivity contribution in [1.82, 2.24) is 0 Å². The lowest BCUT2D eigenvalue weighted by molar-refractivity contribution is 0.681. The maximum Gasteiger partial charge on any atom is 0.0349 e. The molecular formula is C11H13N. The van der Waals surface area contributed by atoms with Crippen LogP contribution in [0.3, 0.4) is 0 Å². The van der Waals surface area contributed by atoms with Crippen molar-refractivity contribution >= 4 is 5.69 Å². The maximum atomic E-state index is 5.92. The highest BCUT2D eigenvalue weighted by Gasteiger charge is 2.48. The van der Waals surface area contributed by atoms with Gasteiger partial charge in [0.2, 0.25) is 0 Å². The molecule has 0 heterocycles. The average Bonchev–Trinajstić information content (AvgIpc) is 2.73. The lowest BCUT2D eigenvalue weighted by atomic mass is 9.98. The second kappa shape index (κ2) is 1.85. The molecule has 1 fully saturated rings. The molecule has 2 aliphatic rings. The van der Waals surface area contributed by atoms with Crippen molar-refractivity contribution in [3.05, 3.63) is 29.3 Å². The predicted molar refractivity (Wildman–Crippen MR) is 50.1 cm³/mol. The van der Waals surface area contributed by atoms with Gasteiger partial charge in [0.15, 0.2) is 0 Å². The molecule has 0 bridgehead atoms. The molecule has 0 saturated heterocycles. The van der Waals surface area contributed by atoms with Crippen molar-refractivity contribution in [3.63, 3.8) is 0 Å². The first-order valence-corrected chi connectivity index (χ1v) is 4.70. The van der Waals surface area contributed by atoms with E-state index in [0.717, 1.165) is 5.69 Å². The van der Waals surface area contributed by atoms with Crippen LogP contribution in [0.15, 0.2) is 18.2 Å². The minimum Gasteiger partial charge on any atom is -0.398 e. The third-order valence-electron chi connectivity index (χ3n) is 3.49. The number of nitrogens with two attached hydrogens (primary N) is 1.